The smallest absolute Gasteiger partial charge is 0.406 e. The van der Waals surface area contributed by atoms with Gasteiger partial charge >= 0.3 is 31.6 Å². The third-order valence-electron chi connectivity index (χ3n) is 20.9. The van der Waals surface area contributed by atoms with Gasteiger partial charge in [-0.1, -0.05) is 37.2 Å². The predicted octanol–water partition coefficient (Wildman–Crippen LogP) is 14.2. The van der Waals surface area contributed by atoms with Crippen molar-refractivity contribution >= 4 is 27.6 Å². The molecule has 0 aromatic heterocycles. The average Bonchev–Trinajstić information content (AvgIpc) is 4.23. The Hall–Kier alpha value is -2.32. The van der Waals surface area contributed by atoms with Crippen molar-refractivity contribution in [3.8, 4) is 11.5 Å². The summed E-state index contributed by atoms with van der Waals surface area (Å²) in [5.74, 6) is 8.34. The van der Waals surface area contributed by atoms with Gasteiger partial charge in [0.25, 0.3) is 0 Å². The maximum Gasteiger partial charge on any atom is 1.00 e. The summed E-state index contributed by atoms with van der Waals surface area (Å²) in [6, 6.07) is 10.9. The van der Waals surface area contributed by atoms with E-state index in [0.29, 0.717) is 45.5 Å². The Labute approximate surface area is 507 Å². The molecule has 16 atom stereocenters. The summed E-state index contributed by atoms with van der Waals surface area (Å²) in [4.78, 5) is 31.5. The van der Waals surface area contributed by atoms with Crippen LogP contribution in [0.3, 0.4) is 0 Å². The van der Waals surface area contributed by atoms with E-state index in [4.69, 9.17) is 9.57 Å². The largest absolute Gasteiger partial charge is 1.00 e. The Morgan fingerprint density at radius 2 is 0.988 bits per heavy atom. The van der Waals surface area contributed by atoms with Crippen molar-refractivity contribution in [1.29, 1.82) is 0 Å². The van der Waals surface area contributed by atoms with E-state index in [2.05, 4.69) is 60.0 Å². The molecule has 0 unspecified atom stereocenters. The number of rotatable bonds is 6. The van der Waals surface area contributed by atoms with Gasteiger partial charge < -0.3 is 30.3 Å². The summed E-state index contributed by atoms with van der Waals surface area (Å²) >= 11 is 3.09. The zero-order chi connectivity index (χ0) is 58.6. The Morgan fingerprint density at radius 1 is 0.598 bits per heavy atom. The quantitative estimate of drug-likeness (QED) is 0.0966. The first-order valence-corrected chi connectivity index (χ1v) is 30.8. The number of hydrogen-bond donors (Lipinski definition) is 2. The normalized spacial score (nSPS) is 36.8. The van der Waals surface area contributed by atoms with Gasteiger partial charge in [0.15, 0.2) is 5.78 Å². The predicted molar refractivity (Wildman–Crippen MR) is 308 cm³/mol. The Bertz CT molecular complexity index is 2310. The number of ketones is 1. The van der Waals surface area contributed by atoms with Gasteiger partial charge in [0, 0.05) is 42.1 Å². The number of hydroxylamine groups is 2. The monoisotopic (exact) mass is 1220 g/mol. The van der Waals surface area contributed by atoms with Crippen LogP contribution in [0.5, 0.6) is 11.5 Å². The number of fused-ring (bicyclic) bond motifs is 10. The summed E-state index contributed by atoms with van der Waals surface area (Å²) in [6.07, 6.45) is 13.2. The van der Waals surface area contributed by atoms with Crippen molar-refractivity contribution in [2.75, 3.05) is 27.4 Å². The molecular weight excluding hydrogens is 1120 g/mol. The summed E-state index contributed by atoms with van der Waals surface area (Å²) in [7, 11) is 3.34. The van der Waals surface area contributed by atoms with Gasteiger partial charge in [0.1, 0.15) is 11.5 Å². The fourth-order valence-electron chi connectivity index (χ4n) is 17.5. The molecule has 82 heavy (non-hydrogen) atoms. The molecule has 17 heteroatoms. The number of hydrogen-bond acceptors (Lipinski definition) is 8. The Morgan fingerprint density at radius 3 is 1.38 bits per heavy atom. The van der Waals surface area contributed by atoms with Gasteiger partial charge in [-0.15, -0.1) is 26.3 Å². The van der Waals surface area contributed by atoms with Crippen molar-refractivity contribution in [2.45, 2.75) is 208 Å². The van der Waals surface area contributed by atoms with Crippen molar-refractivity contribution in [3.63, 3.8) is 0 Å². The standard InChI is InChI=1S/C27H35F3O3.C22H37NO3.C7H4BrF3O.C4H8O.C4H9.CH4.Li/c1-25(32)13-11-19-17(15-25)5-8-21-20(19)12-14-26(2)22(21)9-10-23(26)24(31)16-3-6-18(7-4-16)33-27(28,29)30;1-21(25)11-9-15-14(13-21)5-6-17-16(15)10-12-22(2)18(17)7-8-19(22)20(24)23(3)26-4;8-5-1-3-6(4-2-5)12-7(9,10)11;1-2-4-5-3-1;1-4(2)3;;/h3-4,6-7,17,19-23,32H,5,8-15H2,1-2H3;14-19,25H,5-13H2,1-4H3;1-4H;1-4H2;1-3H3;1H4;/q;;;;-1;;+1/t17-,19+,20-,21-,22+,23-,25-,26+;14-,15+,16-,17-,18+,19-,21-,22+;;;;;/m11...../s1. The van der Waals surface area contributed by atoms with Crippen molar-refractivity contribution in [2.24, 2.45) is 81.8 Å². The summed E-state index contributed by atoms with van der Waals surface area (Å²) in [5, 5.41) is 22.5. The van der Waals surface area contributed by atoms with Crippen LogP contribution in [-0.4, -0.2) is 78.3 Å². The van der Waals surface area contributed by atoms with Crippen LogP contribution < -0.4 is 28.3 Å². The second-order valence-electron chi connectivity index (χ2n) is 27.0. The molecule has 9 fully saturated rings. The maximum absolute atomic E-state index is 13.5. The number of ether oxygens (including phenoxy) is 3. The van der Waals surface area contributed by atoms with Gasteiger partial charge in [0.05, 0.1) is 18.3 Å². The number of carbonyl (C=O) groups excluding carboxylic acids is 2. The minimum atomic E-state index is -4.73. The molecule has 2 aromatic carbocycles. The molecule has 8 aliphatic carbocycles. The SMILES string of the molecule is C.C1CCOC1.CON(C)C(=O)[C@H]1CC[C@H]2[C@@H]3CC[C@@H]4C[C@](C)(O)CC[C@@H]4[C@H]3CC[C@]12C.C[C-](C)C.C[C@@]1(O)CC[C@H]2[C@H](CC[C@@H]3[C@@H]2CC[C@]2(C)[C@@H](C(=O)c4ccc(OC(F)(F)F)cc4)CC[C@@H]32)C1.FC(F)(F)Oc1ccc(Br)cc1.[Li+]. The maximum atomic E-state index is 13.5. The molecule has 11 rings (SSSR count). The van der Waals surface area contributed by atoms with E-state index >= 15 is 0 Å². The molecule has 2 aromatic rings. The molecule has 460 valence electrons. The van der Waals surface area contributed by atoms with Crippen LogP contribution in [0.15, 0.2) is 53.0 Å². The number of amides is 1. The van der Waals surface area contributed by atoms with Gasteiger partial charge in [-0.05, 0) is 261 Å². The fraction of sp³-hybridized carbons (Fsp3) is 0.769. The van der Waals surface area contributed by atoms with Crippen LogP contribution in [0.1, 0.15) is 195 Å². The molecule has 1 heterocycles. The first-order valence-electron chi connectivity index (χ1n) is 30.0. The molecule has 8 saturated carbocycles. The van der Waals surface area contributed by atoms with Gasteiger partial charge in [-0.2, -0.15) is 20.8 Å². The zero-order valence-corrected chi connectivity index (χ0v) is 51.6. The summed E-state index contributed by atoms with van der Waals surface area (Å²) in [6.45, 7) is 17.0. The molecule has 2 N–H and O–H groups in total. The first kappa shape index (κ1) is 70.4. The van der Waals surface area contributed by atoms with Crippen molar-refractivity contribution in [1.82, 2.24) is 5.06 Å². The summed E-state index contributed by atoms with van der Waals surface area (Å²) in [5.41, 5.74) is -0.350. The molecular formula is C65H97BrF6LiNO8. The number of halogens is 7. The van der Waals surface area contributed by atoms with Crippen LogP contribution in [0.25, 0.3) is 0 Å². The van der Waals surface area contributed by atoms with E-state index in [1.54, 1.807) is 14.2 Å². The van der Waals surface area contributed by atoms with E-state index in [9.17, 15) is 46.1 Å². The zero-order valence-electron chi connectivity index (χ0n) is 50.0. The molecule has 1 amide bonds. The summed E-state index contributed by atoms with van der Waals surface area (Å²) < 4.78 is 85.4. The van der Waals surface area contributed by atoms with Crippen LogP contribution in [0.2, 0.25) is 0 Å². The minimum Gasteiger partial charge on any atom is -0.406 e. The number of nitrogens with zero attached hydrogens (tertiary/aromatic N) is 1. The van der Waals surface area contributed by atoms with E-state index in [0.717, 1.165) is 101 Å². The average molecular weight is 1220 g/mol. The number of aliphatic hydroxyl groups is 2. The van der Waals surface area contributed by atoms with Crippen LogP contribution in [0, 0.1) is 87.8 Å². The Balaban J connectivity index is 0.000000222. The number of alkyl halides is 6. The number of carbonyl (C=O) groups is 2. The third kappa shape index (κ3) is 17.7. The third-order valence-corrected chi connectivity index (χ3v) is 21.4. The molecule has 9 nitrogen and oxygen atoms in total. The molecule has 9 aliphatic rings. The van der Waals surface area contributed by atoms with Crippen molar-refractivity contribution < 1.29 is 84.1 Å². The molecule has 1 aliphatic heterocycles. The minimum absolute atomic E-state index is 0. The Kier molecular flexibility index (Phi) is 25.0. The van der Waals surface area contributed by atoms with E-state index in [-0.39, 0.29) is 72.1 Å². The molecule has 0 spiro atoms. The van der Waals surface area contributed by atoms with Crippen LogP contribution in [0.4, 0.5) is 26.3 Å². The van der Waals surface area contributed by atoms with Crippen LogP contribution in [-0.2, 0) is 14.4 Å². The number of benzene rings is 2. The second kappa shape index (κ2) is 29.1. The van der Waals surface area contributed by atoms with E-state index in [1.807, 2.05) is 13.8 Å². The van der Waals surface area contributed by atoms with Gasteiger partial charge in [0.2, 0.25) is 5.91 Å². The van der Waals surface area contributed by atoms with E-state index < -0.39 is 23.9 Å². The van der Waals surface area contributed by atoms with E-state index in [1.165, 1.54) is 124 Å². The molecule has 0 radical (unpaired) electrons. The molecule has 0 bridgehead atoms. The second-order valence-corrected chi connectivity index (χ2v) is 27.9. The topological polar surface area (TPSA) is 115 Å². The number of Topliss-reactive ketones (excluding diaryl/α,β-unsaturated/α-hetero) is 1. The van der Waals surface area contributed by atoms with Crippen molar-refractivity contribution in [3.05, 3.63) is 64.5 Å². The first-order chi connectivity index (χ1) is 37.4. The fourth-order valence-corrected chi connectivity index (χ4v) is 17.7. The van der Waals surface area contributed by atoms with Gasteiger partial charge in [-0.3, -0.25) is 14.4 Å². The molecule has 1 saturated heterocycles. The van der Waals surface area contributed by atoms with Gasteiger partial charge in [-0.25, -0.2) is 5.06 Å². The van der Waals surface area contributed by atoms with Crippen LogP contribution >= 0.6 is 15.9 Å².